The number of hydrogen-bond donors (Lipinski definition) is 1. The van der Waals surface area contributed by atoms with Gasteiger partial charge in [0.2, 0.25) is 0 Å². The number of benzene rings is 1. The first-order valence-corrected chi connectivity index (χ1v) is 11.4. The second kappa shape index (κ2) is 14.3. The summed E-state index contributed by atoms with van der Waals surface area (Å²) in [5, 5.41) is 0. The molecule has 0 aliphatic carbocycles. The predicted octanol–water partition coefficient (Wildman–Crippen LogP) is 7.77. The summed E-state index contributed by atoms with van der Waals surface area (Å²) >= 11 is 0. The zero-order chi connectivity index (χ0) is 19.1. The van der Waals surface area contributed by atoms with E-state index in [1.165, 1.54) is 89.0 Å². The Kier molecular flexibility index (Phi) is 12.7. The Hall–Kier alpha value is -0.820. The smallest absolute Gasteiger partial charge is 0.0131 e. The zero-order valence-corrected chi connectivity index (χ0v) is 17.9. The first kappa shape index (κ1) is 23.2. The van der Waals surface area contributed by atoms with Crippen molar-refractivity contribution in [2.75, 3.05) is 0 Å². The zero-order valence-electron chi connectivity index (χ0n) is 17.9. The number of rotatable bonds is 16. The monoisotopic (exact) mass is 359 g/mol. The van der Waals surface area contributed by atoms with Crippen molar-refractivity contribution in [2.45, 2.75) is 122 Å². The van der Waals surface area contributed by atoms with E-state index in [1.54, 1.807) is 0 Å². The maximum absolute atomic E-state index is 6.52. The summed E-state index contributed by atoms with van der Waals surface area (Å²) in [6.07, 6.45) is 19.4. The molecule has 0 bridgehead atoms. The van der Waals surface area contributed by atoms with Crippen LogP contribution in [0, 0.1) is 0 Å². The fraction of sp³-hybridized carbons (Fsp3) is 0.760. The van der Waals surface area contributed by atoms with Crippen LogP contribution < -0.4 is 5.73 Å². The van der Waals surface area contributed by atoms with Gasteiger partial charge >= 0.3 is 0 Å². The molecule has 1 unspecified atom stereocenters. The molecule has 0 aliphatic heterocycles. The van der Waals surface area contributed by atoms with Gasteiger partial charge in [-0.25, -0.2) is 0 Å². The van der Waals surface area contributed by atoms with Gasteiger partial charge in [-0.05, 0) is 12.0 Å². The molecule has 0 aromatic heterocycles. The molecule has 0 saturated heterocycles. The lowest BCUT2D eigenvalue weighted by atomic mass is 9.76. The molecule has 0 amide bonds. The Balaban J connectivity index is 1.97. The minimum absolute atomic E-state index is 0.0678. The average Bonchev–Trinajstić information content (AvgIpc) is 2.66. The summed E-state index contributed by atoms with van der Waals surface area (Å²) in [5.41, 5.74) is 7.95. The Labute approximate surface area is 164 Å². The fourth-order valence-electron chi connectivity index (χ4n) is 3.82. The molecule has 0 aliphatic rings. The molecular weight excluding hydrogens is 314 g/mol. The van der Waals surface area contributed by atoms with E-state index >= 15 is 0 Å². The van der Waals surface area contributed by atoms with E-state index in [4.69, 9.17) is 5.73 Å². The number of hydrogen-bond acceptors (Lipinski definition) is 1. The van der Waals surface area contributed by atoms with E-state index < -0.39 is 0 Å². The van der Waals surface area contributed by atoms with Gasteiger partial charge in [0, 0.05) is 11.5 Å². The minimum Gasteiger partial charge on any atom is -0.327 e. The van der Waals surface area contributed by atoms with Gasteiger partial charge in [0.05, 0.1) is 0 Å². The van der Waals surface area contributed by atoms with Crippen LogP contribution in [0.1, 0.15) is 116 Å². The third-order valence-corrected chi connectivity index (χ3v) is 6.06. The van der Waals surface area contributed by atoms with Crippen LogP contribution >= 0.6 is 0 Å². The Bertz CT molecular complexity index is 423. The summed E-state index contributed by atoms with van der Waals surface area (Å²) in [7, 11) is 0. The molecule has 0 fully saturated rings. The Morgan fingerprint density at radius 3 is 1.58 bits per heavy atom. The second-order valence-electron chi connectivity index (χ2n) is 8.73. The van der Waals surface area contributed by atoms with Crippen LogP contribution in [0.25, 0.3) is 0 Å². The van der Waals surface area contributed by atoms with E-state index in [2.05, 4.69) is 51.1 Å². The minimum atomic E-state index is 0.0678. The summed E-state index contributed by atoms with van der Waals surface area (Å²) in [5.74, 6) is 0. The molecule has 26 heavy (non-hydrogen) atoms. The van der Waals surface area contributed by atoms with Gasteiger partial charge in [0.25, 0.3) is 0 Å². The lowest BCUT2D eigenvalue weighted by Gasteiger charge is -2.32. The van der Waals surface area contributed by atoms with Crippen molar-refractivity contribution in [2.24, 2.45) is 5.73 Å². The van der Waals surface area contributed by atoms with Gasteiger partial charge in [-0.1, -0.05) is 135 Å². The normalized spacial score (nSPS) is 13.1. The van der Waals surface area contributed by atoms with Crippen LogP contribution in [-0.2, 0) is 5.41 Å². The van der Waals surface area contributed by atoms with Gasteiger partial charge in [0.1, 0.15) is 0 Å². The van der Waals surface area contributed by atoms with Crippen LogP contribution in [0.15, 0.2) is 30.3 Å². The summed E-state index contributed by atoms with van der Waals surface area (Å²) < 4.78 is 0. The molecular formula is C25H45N. The summed E-state index contributed by atoms with van der Waals surface area (Å²) in [6.45, 7) is 6.86. The van der Waals surface area contributed by atoms with Crippen molar-refractivity contribution in [3.63, 3.8) is 0 Å². The molecule has 1 atom stereocenters. The van der Waals surface area contributed by atoms with Gasteiger partial charge in [-0.2, -0.15) is 0 Å². The standard InChI is InChI=1S/C25H45N/c1-4-5-6-7-8-9-10-11-12-13-14-15-19-22-24(26)25(2,3)23-20-17-16-18-21-23/h16-18,20-21,24H,4-15,19,22,26H2,1-3H3. The molecule has 1 aromatic carbocycles. The summed E-state index contributed by atoms with van der Waals surface area (Å²) in [4.78, 5) is 0. The molecule has 0 radical (unpaired) electrons. The highest BCUT2D eigenvalue weighted by Crippen LogP contribution is 2.28. The molecule has 0 saturated carbocycles. The van der Waals surface area contributed by atoms with E-state index in [9.17, 15) is 0 Å². The van der Waals surface area contributed by atoms with Crippen molar-refractivity contribution in [3.05, 3.63) is 35.9 Å². The first-order valence-electron chi connectivity index (χ1n) is 11.4. The number of nitrogens with two attached hydrogens (primary N) is 1. The fourth-order valence-corrected chi connectivity index (χ4v) is 3.82. The first-order chi connectivity index (χ1) is 12.6. The van der Waals surface area contributed by atoms with E-state index in [1.807, 2.05) is 0 Å². The molecule has 1 nitrogen and oxygen atoms in total. The molecule has 150 valence electrons. The maximum Gasteiger partial charge on any atom is 0.0131 e. The van der Waals surface area contributed by atoms with Crippen molar-refractivity contribution in [1.29, 1.82) is 0 Å². The Morgan fingerprint density at radius 1 is 0.692 bits per heavy atom. The van der Waals surface area contributed by atoms with Crippen LogP contribution in [0.3, 0.4) is 0 Å². The SMILES string of the molecule is CCCCCCCCCCCCCCCC(N)C(C)(C)c1ccccc1. The van der Waals surface area contributed by atoms with Crippen LogP contribution in [0.2, 0.25) is 0 Å². The van der Waals surface area contributed by atoms with Crippen LogP contribution in [0.5, 0.6) is 0 Å². The van der Waals surface area contributed by atoms with Gasteiger partial charge in [0.15, 0.2) is 0 Å². The largest absolute Gasteiger partial charge is 0.327 e. The van der Waals surface area contributed by atoms with Gasteiger partial charge < -0.3 is 5.73 Å². The van der Waals surface area contributed by atoms with Crippen molar-refractivity contribution >= 4 is 0 Å². The van der Waals surface area contributed by atoms with Crippen molar-refractivity contribution < 1.29 is 0 Å². The van der Waals surface area contributed by atoms with Crippen LogP contribution in [0.4, 0.5) is 0 Å². The summed E-state index contributed by atoms with van der Waals surface area (Å²) in [6, 6.07) is 11.0. The van der Waals surface area contributed by atoms with Crippen LogP contribution in [-0.4, -0.2) is 6.04 Å². The van der Waals surface area contributed by atoms with Gasteiger partial charge in [-0.15, -0.1) is 0 Å². The average molecular weight is 360 g/mol. The lowest BCUT2D eigenvalue weighted by molar-refractivity contribution is 0.375. The third kappa shape index (κ3) is 9.76. The topological polar surface area (TPSA) is 26.0 Å². The van der Waals surface area contributed by atoms with Gasteiger partial charge in [-0.3, -0.25) is 0 Å². The molecule has 1 heteroatoms. The second-order valence-corrected chi connectivity index (χ2v) is 8.73. The van der Waals surface area contributed by atoms with E-state index in [0.717, 1.165) is 6.42 Å². The van der Waals surface area contributed by atoms with E-state index in [0.29, 0.717) is 0 Å². The van der Waals surface area contributed by atoms with Crippen molar-refractivity contribution in [1.82, 2.24) is 0 Å². The molecule has 2 N–H and O–H groups in total. The molecule has 1 rings (SSSR count). The Morgan fingerprint density at radius 2 is 1.12 bits per heavy atom. The quantitative estimate of drug-likeness (QED) is 0.300. The molecule has 0 spiro atoms. The number of unbranched alkanes of at least 4 members (excludes halogenated alkanes) is 12. The molecule has 1 aromatic rings. The van der Waals surface area contributed by atoms with E-state index in [-0.39, 0.29) is 11.5 Å². The van der Waals surface area contributed by atoms with Crippen molar-refractivity contribution in [3.8, 4) is 0 Å². The highest BCUT2D eigenvalue weighted by atomic mass is 14.7. The maximum atomic E-state index is 6.52. The lowest BCUT2D eigenvalue weighted by Crippen LogP contribution is -2.40. The molecule has 0 heterocycles. The highest BCUT2D eigenvalue weighted by Gasteiger charge is 2.27. The third-order valence-electron chi connectivity index (χ3n) is 6.06. The highest BCUT2D eigenvalue weighted by molar-refractivity contribution is 5.25. The predicted molar refractivity (Wildman–Crippen MR) is 118 cm³/mol.